The van der Waals surface area contributed by atoms with E-state index in [1.54, 1.807) is 11.6 Å². The Morgan fingerprint density at radius 3 is 1.30 bits per heavy atom. The fourth-order valence-corrected chi connectivity index (χ4v) is 5.68. The molecule has 0 fully saturated rings. The zero-order valence-electron chi connectivity index (χ0n) is 30.6. The summed E-state index contributed by atoms with van der Waals surface area (Å²) in [7, 11) is 0. The van der Waals surface area contributed by atoms with E-state index < -0.39 is 0 Å². The van der Waals surface area contributed by atoms with Crippen LogP contribution < -0.4 is 0 Å². The second-order valence-electron chi connectivity index (χ2n) is 14.7. The molecule has 7 nitrogen and oxygen atoms in total. The Bertz CT molecular complexity index is 1680. The number of hydrogen-bond acceptors (Lipinski definition) is 5. The molecule has 0 N–H and O–H groups in total. The molecule has 0 unspecified atom stereocenters. The zero-order valence-corrected chi connectivity index (χ0v) is 30.6. The Balaban J connectivity index is 0.000000251. The first kappa shape index (κ1) is 36.5. The molecule has 0 bridgehead atoms. The number of aromatic nitrogens is 4. The van der Waals surface area contributed by atoms with Gasteiger partial charge in [-0.1, -0.05) is 76.9 Å². The van der Waals surface area contributed by atoms with Gasteiger partial charge in [-0.3, -0.25) is 14.2 Å². The Hall–Kier alpha value is -4.00. The van der Waals surface area contributed by atoms with Gasteiger partial charge in [0.2, 0.25) is 0 Å². The van der Waals surface area contributed by atoms with E-state index in [-0.39, 0.29) is 22.6 Å². The minimum atomic E-state index is -0.317. The average Bonchev–Trinajstić information content (AvgIpc) is 3.54. The zero-order chi connectivity index (χ0) is 34.7. The lowest BCUT2D eigenvalue weighted by atomic mass is 9.92. The molecule has 0 amide bonds. The Morgan fingerprint density at radius 1 is 0.630 bits per heavy atom. The maximum absolute atomic E-state index is 12.3. The van der Waals surface area contributed by atoms with Gasteiger partial charge >= 0.3 is 5.97 Å². The summed E-state index contributed by atoms with van der Waals surface area (Å²) in [6, 6.07) is 12.5. The van der Waals surface area contributed by atoms with Crippen molar-refractivity contribution in [2.24, 2.45) is 0 Å². The lowest BCUT2D eigenvalue weighted by Crippen LogP contribution is -2.16. The summed E-state index contributed by atoms with van der Waals surface area (Å²) in [5, 5.41) is 9.40. The third-order valence-corrected chi connectivity index (χ3v) is 8.24. The fraction of sp³-hybridized carbons (Fsp3) is 0.487. The van der Waals surface area contributed by atoms with Gasteiger partial charge in [0.15, 0.2) is 5.78 Å². The number of ether oxygens (including phenoxy) is 1. The predicted molar refractivity (Wildman–Crippen MR) is 187 cm³/mol. The normalized spacial score (nSPS) is 11.7. The van der Waals surface area contributed by atoms with Gasteiger partial charge in [0.1, 0.15) is 11.4 Å². The number of rotatable bonds is 7. The molecule has 4 rings (SSSR count). The highest BCUT2D eigenvalue weighted by atomic mass is 16.5. The van der Waals surface area contributed by atoms with Gasteiger partial charge in [-0.05, 0) is 94.0 Å². The van der Waals surface area contributed by atoms with E-state index in [2.05, 4.69) is 107 Å². The number of aryl methyl sites for hydroxylation is 6. The van der Waals surface area contributed by atoms with Crippen LogP contribution in [0.5, 0.6) is 0 Å². The molecule has 248 valence electrons. The molecule has 0 spiro atoms. The molecule has 4 aromatic rings. The summed E-state index contributed by atoms with van der Waals surface area (Å²) in [5.41, 5.74) is 12.8. The number of benzene rings is 2. The molecule has 2 aromatic carbocycles. The van der Waals surface area contributed by atoms with Crippen LogP contribution in [0, 0.1) is 41.5 Å². The summed E-state index contributed by atoms with van der Waals surface area (Å²) in [6.07, 6.45) is 0. The minimum absolute atomic E-state index is 0.0606. The Labute approximate surface area is 276 Å². The summed E-state index contributed by atoms with van der Waals surface area (Å²) in [4.78, 5) is 24.3. The molecule has 0 saturated heterocycles. The number of hydrogen-bond donors (Lipinski definition) is 0. The Kier molecular flexibility index (Phi) is 11.2. The van der Waals surface area contributed by atoms with E-state index in [9.17, 15) is 9.59 Å². The Morgan fingerprint density at radius 2 is 0.978 bits per heavy atom. The first-order valence-electron chi connectivity index (χ1n) is 16.2. The third-order valence-electron chi connectivity index (χ3n) is 8.24. The topological polar surface area (TPSA) is 79.0 Å². The average molecular weight is 627 g/mol. The van der Waals surface area contributed by atoms with Crippen LogP contribution in [-0.4, -0.2) is 37.9 Å². The maximum Gasteiger partial charge on any atom is 0.356 e. The van der Waals surface area contributed by atoms with Crippen molar-refractivity contribution in [1.29, 1.82) is 0 Å². The van der Waals surface area contributed by atoms with Crippen LogP contribution in [-0.2, 0) is 28.7 Å². The summed E-state index contributed by atoms with van der Waals surface area (Å²) in [6.45, 7) is 30.3. The van der Waals surface area contributed by atoms with Crippen LogP contribution in [0.25, 0.3) is 0 Å². The molecular formula is C39H54N4O3. The number of carbonyl (C=O) groups is 2. The van der Waals surface area contributed by atoms with E-state index >= 15 is 0 Å². The van der Waals surface area contributed by atoms with Crippen LogP contribution in [0.15, 0.2) is 36.4 Å². The molecule has 0 aliphatic heterocycles. The largest absolute Gasteiger partial charge is 0.461 e. The summed E-state index contributed by atoms with van der Waals surface area (Å²) < 4.78 is 8.85. The molecule has 7 heteroatoms. The molecule has 0 saturated carbocycles. The molecular weight excluding hydrogens is 572 g/mol. The second-order valence-corrected chi connectivity index (χ2v) is 14.7. The van der Waals surface area contributed by atoms with Crippen molar-refractivity contribution < 1.29 is 14.3 Å². The standard InChI is InChI=1S/C20H28N2O2.C19H26N2O/c1-8-24-19(23)17-11-18(20(5,6)7)21-22(17)12-16-14(3)9-13(2)10-15(16)4;1-12-8-13(2)16(14(3)9-12)11-21-17(15(4)22)10-18(20-21)19(5,6)7/h9-11H,8,12H2,1-7H3;8-10H,11H2,1-7H3. The number of esters is 1. The molecule has 0 aliphatic rings. The molecule has 46 heavy (non-hydrogen) atoms. The van der Waals surface area contributed by atoms with Gasteiger partial charge in [0, 0.05) is 17.8 Å². The number of nitrogens with zero attached hydrogens (tertiary/aromatic N) is 4. The highest BCUT2D eigenvalue weighted by Crippen LogP contribution is 2.26. The van der Waals surface area contributed by atoms with Crippen LogP contribution in [0.4, 0.5) is 0 Å². The van der Waals surface area contributed by atoms with Crippen molar-refractivity contribution in [2.45, 2.75) is 121 Å². The van der Waals surface area contributed by atoms with Crippen molar-refractivity contribution in [3.63, 3.8) is 0 Å². The van der Waals surface area contributed by atoms with Gasteiger partial charge in [-0.15, -0.1) is 0 Å². The molecule has 2 aromatic heterocycles. The van der Waals surface area contributed by atoms with Crippen LogP contribution in [0.2, 0.25) is 0 Å². The first-order valence-corrected chi connectivity index (χ1v) is 16.2. The minimum Gasteiger partial charge on any atom is -0.461 e. The highest BCUT2D eigenvalue weighted by molar-refractivity contribution is 5.92. The van der Waals surface area contributed by atoms with Gasteiger partial charge in [-0.25, -0.2) is 4.79 Å². The molecule has 2 heterocycles. The lowest BCUT2D eigenvalue weighted by Gasteiger charge is -2.15. The van der Waals surface area contributed by atoms with Crippen LogP contribution in [0.3, 0.4) is 0 Å². The quantitative estimate of drug-likeness (QED) is 0.151. The highest BCUT2D eigenvalue weighted by Gasteiger charge is 2.25. The van der Waals surface area contributed by atoms with Crippen LogP contribution in [0.1, 0.15) is 132 Å². The number of Topliss-reactive ketones (excluding diaryl/α,β-unsaturated/α-hetero) is 1. The van der Waals surface area contributed by atoms with Crippen molar-refractivity contribution in [3.8, 4) is 0 Å². The van der Waals surface area contributed by atoms with Gasteiger partial charge < -0.3 is 4.74 Å². The third kappa shape index (κ3) is 8.83. The smallest absolute Gasteiger partial charge is 0.356 e. The fourth-order valence-electron chi connectivity index (χ4n) is 5.68. The monoisotopic (exact) mass is 626 g/mol. The molecule has 0 atom stereocenters. The predicted octanol–water partition coefficient (Wildman–Crippen LogP) is 8.69. The maximum atomic E-state index is 12.3. The van der Waals surface area contributed by atoms with Crippen molar-refractivity contribution >= 4 is 11.8 Å². The summed E-state index contributed by atoms with van der Waals surface area (Å²) >= 11 is 0. The van der Waals surface area contributed by atoms with Crippen molar-refractivity contribution in [2.75, 3.05) is 6.61 Å². The van der Waals surface area contributed by atoms with Gasteiger partial charge in [-0.2, -0.15) is 10.2 Å². The van der Waals surface area contributed by atoms with Crippen molar-refractivity contribution in [1.82, 2.24) is 19.6 Å². The first-order chi connectivity index (χ1) is 21.2. The van der Waals surface area contributed by atoms with Gasteiger partial charge in [0.05, 0.1) is 31.1 Å². The SMILES string of the molecule is CC(=O)c1cc(C(C)(C)C)nn1Cc1c(C)cc(C)cc1C.CCOC(=O)c1cc(C(C)(C)C)nn1Cc1c(C)cc(C)cc1C. The van der Waals surface area contributed by atoms with E-state index in [1.165, 1.54) is 44.5 Å². The summed E-state index contributed by atoms with van der Waals surface area (Å²) in [5.74, 6) is -0.256. The van der Waals surface area contributed by atoms with E-state index in [1.807, 2.05) is 23.7 Å². The second kappa shape index (κ2) is 14.2. The number of ketones is 1. The van der Waals surface area contributed by atoms with Crippen LogP contribution >= 0.6 is 0 Å². The molecule has 0 aliphatic carbocycles. The van der Waals surface area contributed by atoms with E-state index in [4.69, 9.17) is 14.9 Å². The molecule has 0 radical (unpaired) electrons. The van der Waals surface area contributed by atoms with E-state index in [0.717, 1.165) is 11.4 Å². The van der Waals surface area contributed by atoms with Crippen molar-refractivity contribution in [3.05, 3.63) is 104 Å². The van der Waals surface area contributed by atoms with Gasteiger partial charge in [0.25, 0.3) is 0 Å². The lowest BCUT2D eigenvalue weighted by molar-refractivity contribution is 0.0512. The number of carbonyl (C=O) groups excluding carboxylic acids is 2. The van der Waals surface area contributed by atoms with E-state index in [0.29, 0.717) is 31.1 Å².